The number of hydrazine groups is 1. The second-order valence-electron chi connectivity index (χ2n) is 2.80. The second kappa shape index (κ2) is 2.64. The molecule has 10 heavy (non-hydrogen) atoms. The Morgan fingerprint density at radius 2 is 2.30 bits per heavy atom. The van der Waals surface area contributed by atoms with Crippen LogP contribution in [-0.4, -0.2) is 25.2 Å². The number of rotatable bonds is 1. The van der Waals surface area contributed by atoms with Gasteiger partial charge >= 0.3 is 0 Å². The summed E-state index contributed by atoms with van der Waals surface area (Å²) in [5, 5.41) is 8.11. The number of hydrogen-bond donors (Lipinski definition) is 2. The predicted octanol–water partition coefficient (Wildman–Crippen LogP) is 0.0774. The van der Waals surface area contributed by atoms with Crippen LogP contribution < -0.4 is 10.9 Å². The van der Waals surface area contributed by atoms with Crippen molar-refractivity contribution in [2.24, 2.45) is 10.2 Å². The minimum atomic E-state index is 0.440. The molecular weight excluding hydrogens is 128 g/mol. The Kier molecular flexibility index (Phi) is 1.65. The van der Waals surface area contributed by atoms with Crippen LogP contribution in [0.15, 0.2) is 10.2 Å². The number of hydrogen-bond acceptors (Lipinski definition) is 4. The molecule has 0 amide bonds. The largest absolute Gasteiger partial charge is 0.257 e. The molecule has 1 saturated heterocycles. The van der Waals surface area contributed by atoms with Gasteiger partial charge in [0, 0.05) is 12.6 Å². The molecule has 2 N–H and O–H groups in total. The van der Waals surface area contributed by atoms with E-state index in [9.17, 15) is 0 Å². The number of nitrogens with zero attached hydrogens (tertiary/aromatic N) is 2. The van der Waals surface area contributed by atoms with Crippen LogP contribution in [0.2, 0.25) is 0 Å². The van der Waals surface area contributed by atoms with E-state index in [1.165, 1.54) is 6.42 Å². The van der Waals surface area contributed by atoms with E-state index in [-0.39, 0.29) is 0 Å². The molecule has 2 aliphatic rings. The molecular formula is C6H12N4. The molecule has 2 unspecified atom stereocenters. The standard InChI is InChI=1S/C6H12N4/c1-3-7-9-5(1)6-2-4-8-10-6/h5-7,9H,1-4H2. The fraction of sp³-hybridized carbons (Fsp3) is 1.00. The summed E-state index contributed by atoms with van der Waals surface area (Å²) in [6.07, 6.45) is 2.31. The summed E-state index contributed by atoms with van der Waals surface area (Å²) < 4.78 is 0. The van der Waals surface area contributed by atoms with E-state index in [4.69, 9.17) is 0 Å². The smallest absolute Gasteiger partial charge is 0.0893 e. The molecule has 0 aromatic heterocycles. The van der Waals surface area contributed by atoms with Crippen LogP contribution in [0.25, 0.3) is 0 Å². The Morgan fingerprint density at radius 1 is 1.30 bits per heavy atom. The topological polar surface area (TPSA) is 48.8 Å². The van der Waals surface area contributed by atoms with Crippen molar-refractivity contribution in [3.05, 3.63) is 0 Å². The number of nitrogens with one attached hydrogen (secondary N) is 2. The van der Waals surface area contributed by atoms with E-state index in [1.54, 1.807) is 0 Å². The van der Waals surface area contributed by atoms with E-state index >= 15 is 0 Å². The first-order valence-corrected chi connectivity index (χ1v) is 3.82. The lowest BCUT2D eigenvalue weighted by Crippen LogP contribution is -2.37. The first-order chi connectivity index (χ1) is 4.97. The van der Waals surface area contributed by atoms with Crippen LogP contribution in [0.4, 0.5) is 0 Å². The third-order valence-corrected chi connectivity index (χ3v) is 2.09. The highest BCUT2D eigenvalue weighted by Crippen LogP contribution is 2.15. The zero-order valence-electron chi connectivity index (χ0n) is 5.88. The van der Waals surface area contributed by atoms with Crippen LogP contribution in [-0.2, 0) is 0 Å². The normalized spacial score (nSPS) is 39.2. The lowest BCUT2D eigenvalue weighted by molar-refractivity contribution is 0.465. The van der Waals surface area contributed by atoms with Gasteiger partial charge in [0.25, 0.3) is 0 Å². The van der Waals surface area contributed by atoms with Gasteiger partial charge < -0.3 is 0 Å². The van der Waals surface area contributed by atoms with Gasteiger partial charge in [0.2, 0.25) is 0 Å². The molecule has 4 heteroatoms. The molecule has 0 radical (unpaired) electrons. The SMILES string of the molecule is C1CC(C2CCNN2)N=N1. The Balaban J connectivity index is 1.91. The first-order valence-electron chi connectivity index (χ1n) is 3.82. The highest BCUT2D eigenvalue weighted by Gasteiger charge is 2.25. The van der Waals surface area contributed by atoms with Crippen LogP contribution in [0.1, 0.15) is 12.8 Å². The molecule has 2 heterocycles. The molecule has 1 fully saturated rings. The van der Waals surface area contributed by atoms with Gasteiger partial charge in [-0.15, -0.1) is 0 Å². The molecule has 4 nitrogen and oxygen atoms in total. The van der Waals surface area contributed by atoms with Gasteiger partial charge in [0.15, 0.2) is 0 Å². The Hall–Kier alpha value is -0.480. The van der Waals surface area contributed by atoms with Crippen LogP contribution in [0.3, 0.4) is 0 Å². The summed E-state index contributed by atoms with van der Waals surface area (Å²) in [5.74, 6) is 0. The highest BCUT2D eigenvalue weighted by atomic mass is 15.4. The zero-order chi connectivity index (χ0) is 6.81. The Bertz CT molecular complexity index is 139. The monoisotopic (exact) mass is 140 g/mol. The van der Waals surface area contributed by atoms with Gasteiger partial charge in [0.05, 0.1) is 12.6 Å². The third kappa shape index (κ3) is 1.04. The Morgan fingerprint density at radius 3 is 2.90 bits per heavy atom. The van der Waals surface area contributed by atoms with Crippen molar-refractivity contribution < 1.29 is 0 Å². The average Bonchev–Trinajstić information content (AvgIpc) is 2.59. The quantitative estimate of drug-likeness (QED) is 0.541. The molecule has 0 saturated carbocycles. The molecule has 2 rings (SSSR count). The summed E-state index contributed by atoms with van der Waals surface area (Å²) in [6, 6.07) is 0.973. The molecule has 0 spiro atoms. The van der Waals surface area contributed by atoms with Crippen molar-refractivity contribution in [1.29, 1.82) is 0 Å². The highest BCUT2D eigenvalue weighted by molar-refractivity contribution is 4.86. The van der Waals surface area contributed by atoms with Crippen LogP contribution >= 0.6 is 0 Å². The first kappa shape index (κ1) is 6.24. The fourth-order valence-electron chi connectivity index (χ4n) is 1.48. The minimum Gasteiger partial charge on any atom is -0.257 e. The summed E-state index contributed by atoms with van der Waals surface area (Å²) in [4.78, 5) is 0. The summed E-state index contributed by atoms with van der Waals surface area (Å²) in [5.41, 5.74) is 6.29. The second-order valence-corrected chi connectivity index (χ2v) is 2.80. The van der Waals surface area contributed by atoms with Crippen molar-refractivity contribution in [3.63, 3.8) is 0 Å². The van der Waals surface area contributed by atoms with Crippen molar-refractivity contribution in [1.82, 2.24) is 10.9 Å². The molecule has 0 aromatic rings. The van der Waals surface area contributed by atoms with E-state index < -0.39 is 0 Å². The van der Waals surface area contributed by atoms with Gasteiger partial charge in [-0.25, -0.2) is 0 Å². The van der Waals surface area contributed by atoms with Crippen LogP contribution in [0, 0.1) is 0 Å². The maximum absolute atomic E-state index is 4.14. The fourth-order valence-corrected chi connectivity index (χ4v) is 1.48. The summed E-state index contributed by atoms with van der Waals surface area (Å²) in [7, 11) is 0. The van der Waals surface area contributed by atoms with Gasteiger partial charge in [-0.2, -0.15) is 10.2 Å². The molecule has 2 aliphatic heterocycles. The summed E-state index contributed by atoms with van der Waals surface area (Å²) >= 11 is 0. The lowest BCUT2D eigenvalue weighted by Gasteiger charge is -2.12. The maximum atomic E-state index is 4.14. The minimum absolute atomic E-state index is 0.440. The van der Waals surface area contributed by atoms with Crippen molar-refractivity contribution in [2.45, 2.75) is 24.9 Å². The van der Waals surface area contributed by atoms with Crippen molar-refractivity contribution >= 4 is 0 Å². The maximum Gasteiger partial charge on any atom is 0.0893 e. The zero-order valence-corrected chi connectivity index (χ0v) is 5.88. The van der Waals surface area contributed by atoms with Crippen molar-refractivity contribution in [3.8, 4) is 0 Å². The third-order valence-electron chi connectivity index (χ3n) is 2.09. The predicted molar refractivity (Wildman–Crippen MR) is 37.7 cm³/mol. The number of azo groups is 1. The van der Waals surface area contributed by atoms with Gasteiger partial charge in [-0.3, -0.25) is 10.9 Å². The molecule has 2 atom stereocenters. The summed E-state index contributed by atoms with van der Waals surface area (Å²) in [6.45, 7) is 1.99. The molecule has 56 valence electrons. The molecule has 0 aromatic carbocycles. The van der Waals surface area contributed by atoms with Crippen LogP contribution in [0.5, 0.6) is 0 Å². The average molecular weight is 140 g/mol. The van der Waals surface area contributed by atoms with Crippen molar-refractivity contribution in [2.75, 3.05) is 13.1 Å². The molecule has 0 aliphatic carbocycles. The molecule has 0 bridgehead atoms. The van der Waals surface area contributed by atoms with Gasteiger partial charge in [-0.05, 0) is 12.8 Å². The van der Waals surface area contributed by atoms with Gasteiger partial charge in [0.1, 0.15) is 0 Å². The van der Waals surface area contributed by atoms with E-state index in [1.807, 2.05) is 0 Å². The lowest BCUT2D eigenvalue weighted by atomic mass is 10.1. The van der Waals surface area contributed by atoms with E-state index in [0.29, 0.717) is 12.1 Å². The van der Waals surface area contributed by atoms with E-state index in [0.717, 1.165) is 19.5 Å². The van der Waals surface area contributed by atoms with Gasteiger partial charge in [-0.1, -0.05) is 0 Å². The van der Waals surface area contributed by atoms with E-state index in [2.05, 4.69) is 21.1 Å². The Labute approximate surface area is 60.1 Å².